The van der Waals surface area contributed by atoms with E-state index in [-0.39, 0.29) is 6.42 Å². The molecule has 6 heteroatoms. The number of aromatic nitrogens is 2. The zero-order valence-electron chi connectivity index (χ0n) is 14.1. The Balaban J connectivity index is 1.85. The van der Waals surface area contributed by atoms with Gasteiger partial charge in [-0.2, -0.15) is 0 Å². The van der Waals surface area contributed by atoms with Gasteiger partial charge in [-0.3, -0.25) is 9.20 Å². The van der Waals surface area contributed by atoms with Crippen molar-refractivity contribution in [3.63, 3.8) is 0 Å². The van der Waals surface area contributed by atoms with Gasteiger partial charge < -0.3 is 5.11 Å². The molecule has 0 aliphatic heterocycles. The summed E-state index contributed by atoms with van der Waals surface area (Å²) in [4.78, 5) is 15.6. The number of hydrogen-bond acceptors (Lipinski definition) is 4. The summed E-state index contributed by atoms with van der Waals surface area (Å²) in [5.41, 5.74) is 2.83. The maximum absolute atomic E-state index is 11.2. The number of imidazole rings is 1. The molecule has 4 rings (SSSR count). The van der Waals surface area contributed by atoms with Crippen molar-refractivity contribution in [3.8, 4) is 0 Å². The van der Waals surface area contributed by atoms with Crippen molar-refractivity contribution in [1.29, 1.82) is 0 Å². The topological polar surface area (TPSA) is 79.3 Å². The fraction of sp³-hybridized carbons (Fsp3) is 0.100. The number of azo groups is 1. The summed E-state index contributed by atoms with van der Waals surface area (Å²) < 4.78 is 1.76. The van der Waals surface area contributed by atoms with E-state index in [0.29, 0.717) is 17.2 Å². The third-order valence-electron chi connectivity index (χ3n) is 4.16. The average Bonchev–Trinajstić information content (AvgIpc) is 2.95. The lowest BCUT2D eigenvalue weighted by molar-refractivity contribution is -0.136. The van der Waals surface area contributed by atoms with Gasteiger partial charge >= 0.3 is 5.97 Å². The number of carboxylic acids is 1. The molecule has 1 N–H and O–H groups in total. The smallest absolute Gasteiger partial charge is 0.309 e. The number of rotatable bonds is 4. The highest BCUT2D eigenvalue weighted by Gasteiger charge is 2.15. The zero-order valence-corrected chi connectivity index (χ0v) is 14.1. The summed E-state index contributed by atoms with van der Waals surface area (Å²) in [5.74, 6) is -0.512. The number of hydrogen-bond donors (Lipinski definition) is 1. The minimum atomic E-state index is -0.952. The maximum atomic E-state index is 11.2. The molecule has 2 aromatic carbocycles. The van der Waals surface area contributed by atoms with Crippen molar-refractivity contribution in [2.24, 2.45) is 10.2 Å². The summed E-state index contributed by atoms with van der Waals surface area (Å²) >= 11 is 0. The van der Waals surface area contributed by atoms with Gasteiger partial charge in [0.05, 0.1) is 17.8 Å². The Hall–Kier alpha value is -3.54. The van der Waals surface area contributed by atoms with Crippen molar-refractivity contribution in [2.75, 3.05) is 0 Å². The summed E-state index contributed by atoms with van der Waals surface area (Å²) in [7, 11) is 0. The first kappa shape index (κ1) is 16.0. The molecule has 2 aromatic heterocycles. The number of carbonyl (C=O) groups is 1. The van der Waals surface area contributed by atoms with Crippen molar-refractivity contribution >= 4 is 33.9 Å². The molecule has 0 saturated carbocycles. The van der Waals surface area contributed by atoms with Crippen LogP contribution in [0.4, 0.5) is 11.5 Å². The molecule has 0 radical (unpaired) electrons. The third-order valence-corrected chi connectivity index (χ3v) is 4.16. The van der Waals surface area contributed by atoms with Crippen molar-refractivity contribution in [2.45, 2.75) is 13.3 Å². The molecule has 0 bridgehead atoms. The van der Waals surface area contributed by atoms with Crippen LogP contribution in [0.1, 0.15) is 11.3 Å². The number of aryl methyl sites for hydroxylation is 1. The Kier molecular flexibility index (Phi) is 3.93. The lowest BCUT2D eigenvalue weighted by atomic mass is 10.1. The molecule has 0 saturated heterocycles. The van der Waals surface area contributed by atoms with E-state index in [9.17, 15) is 9.90 Å². The van der Waals surface area contributed by atoms with Gasteiger partial charge in [-0.25, -0.2) is 4.98 Å². The van der Waals surface area contributed by atoms with Gasteiger partial charge in [0.2, 0.25) is 0 Å². The highest BCUT2D eigenvalue weighted by Crippen LogP contribution is 2.29. The molecule has 0 spiro atoms. The van der Waals surface area contributed by atoms with Crippen LogP contribution in [-0.2, 0) is 11.2 Å². The van der Waals surface area contributed by atoms with Gasteiger partial charge in [-0.1, -0.05) is 36.4 Å². The first-order chi connectivity index (χ1) is 12.6. The van der Waals surface area contributed by atoms with Crippen LogP contribution in [0.5, 0.6) is 0 Å². The molecule has 0 aliphatic rings. The lowest BCUT2D eigenvalue weighted by Gasteiger charge is -2.01. The van der Waals surface area contributed by atoms with Crippen LogP contribution in [0.2, 0.25) is 0 Å². The highest BCUT2D eigenvalue weighted by molar-refractivity contribution is 5.92. The second-order valence-corrected chi connectivity index (χ2v) is 6.08. The second kappa shape index (κ2) is 6.40. The summed E-state index contributed by atoms with van der Waals surface area (Å²) in [6, 6.07) is 17.6. The second-order valence-electron chi connectivity index (χ2n) is 6.08. The molecule has 26 heavy (non-hydrogen) atoms. The van der Waals surface area contributed by atoms with E-state index >= 15 is 0 Å². The van der Waals surface area contributed by atoms with Crippen molar-refractivity contribution < 1.29 is 9.90 Å². The van der Waals surface area contributed by atoms with Gasteiger partial charge in [0.15, 0.2) is 5.82 Å². The van der Waals surface area contributed by atoms with E-state index in [4.69, 9.17) is 0 Å². The van der Waals surface area contributed by atoms with Crippen LogP contribution in [0.3, 0.4) is 0 Å². The SMILES string of the molecule is Cc1ccn2c(N=Nc3cccc4ccccc34)c(CC(=O)O)nc2c1. The van der Waals surface area contributed by atoms with Gasteiger partial charge in [0.25, 0.3) is 0 Å². The monoisotopic (exact) mass is 344 g/mol. The van der Waals surface area contributed by atoms with Crippen LogP contribution in [-0.4, -0.2) is 20.5 Å². The molecule has 0 aliphatic carbocycles. The molecule has 0 fully saturated rings. The van der Waals surface area contributed by atoms with E-state index in [1.165, 1.54) is 0 Å². The fourth-order valence-corrected chi connectivity index (χ4v) is 2.95. The van der Waals surface area contributed by atoms with Crippen molar-refractivity contribution in [1.82, 2.24) is 9.38 Å². The predicted molar refractivity (Wildman–Crippen MR) is 99.4 cm³/mol. The van der Waals surface area contributed by atoms with Gasteiger partial charge in [-0.05, 0) is 36.1 Å². The van der Waals surface area contributed by atoms with E-state index in [0.717, 1.165) is 22.0 Å². The quantitative estimate of drug-likeness (QED) is 0.538. The highest BCUT2D eigenvalue weighted by atomic mass is 16.4. The molecule has 2 heterocycles. The van der Waals surface area contributed by atoms with E-state index in [2.05, 4.69) is 15.2 Å². The van der Waals surface area contributed by atoms with Gasteiger partial charge in [0, 0.05) is 11.6 Å². The number of nitrogens with zero attached hydrogens (tertiary/aromatic N) is 4. The third kappa shape index (κ3) is 2.93. The molecule has 0 atom stereocenters. The van der Waals surface area contributed by atoms with Crippen LogP contribution in [0, 0.1) is 6.92 Å². The van der Waals surface area contributed by atoms with Crippen molar-refractivity contribution in [3.05, 3.63) is 72.1 Å². The Morgan fingerprint density at radius 1 is 1.12 bits per heavy atom. The number of benzene rings is 2. The minimum absolute atomic E-state index is 0.204. The average molecular weight is 344 g/mol. The van der Waals surface area contributed by atoms with Gasteiger partial charge in [0.1, 0.15) is 5.65 Å². The van der Waals surface area contributed by atoms with E-state index in [1.54, 1.807) is 4.40 Å². The van der Waals surface area contributed by atoms with Crippen LogP contribution in [0.15, 0.2) is 71.0 Å². The van der Waals surface area contributed by atoms with E-state index < -0.39 is 5.97 Å². The number of pyridine rings is 1. The number of carboxylic acid groups (broad SMARTS) is 1. The first-order valence-corrected chi connectivity index (χ1v) is 8.21. The standard InChI is InChI=1S/C20H16N4O2/c1-13-9-10-24-18(11-13)21-17(12-19(25)26)20(24)23-22-16-8-4-6-14-5-2-3-7-15(14)16/h2-11H,12H2,1H3,(H,25,26). The first-order valence-electron chi connectivity index (χ1n) is 8.21. The Morgan fingerprint density at radius 2 is 1.92 bits per heavy atom. The molecule has 0 amide bonds. The molecule has 6 nitrogen and oxygen atoms in total. The Labute approximate surface area is 149 Å². The Bertz CT molecular complexity index is 1160. The minimum Gasteiger partial charge on any atom is -0.481 e. The summed E-state index contributed by atoms with van der Waals surface area (Å²) in [6.45, 7) is 1.96. The van der Waals surface area contributed by atoms with Gasteiger partial charge in [-0.15, -0.1) is 10.2 Å². The fourth-order valence-electron chi connectivity index (χ4n) is 2.95. The molecular formula is C20H16N4O2. The number of aliphatic carboxylic acids is 1. The maximum Gasteiger partial charge on any atom is 0.309 e. The molecule has 4 aromatic rings. The molecule has 128 valence electrons. The van der Waals surface area contributed by atoms with E-state index in [1.807, 2.05) is 67.7 Å². The summed E-state index contributed by atoms with van der Waals surface area (Å²) in [5, 5.41) is 20.0. The largest absolute Gasteiger partial charge is 0.481 e. The van der Waals surface area contributed by atoms with Crippen LogP contribution < -0.4 is 0 Å². The molecular weight excluding hydrogens is 328 g/mol. The van der Waals surface area contributed by atoms with Crippen LogP contribution >= 0.6 is 0 Å². The normalized spacial score (nSPS) is 11.6. The molecule has 0 unspecified atom stereocenters. The van der Waals surface area contributed by atoms with Crippen LogP contribution in [0.25, 0.3) is 16.4 Å². The summed E-state index contributed by atoms with van der Waals surface area (Å²) in [6.07, 6.45) is 1.63. The predicted octanol–water partition coefficient (Wildman–Crippen LogP) is 4.84. The number of fused-ring (bicyclic) bond motifs is 2. The lowest BCUT2D eigenvalue weighted by Crippen LogP contribution is -2.00. The Morgan fingerprint density at radius 3 is 2.77 bits per heavy atom. The zero-order chi connectivity index (χ0) is 18.1.